The van der Waals surface area contributed by atoms with Gasteiger partial charge in [-0.1, -0.05) is 36.4 Å². The molecule has 0 spiro atoms. The summed E-state index contributed by atoms with van der Waals surface area (Å²) in [4.78, 5) is -0.0654. The Hall–Kier alpha value is -3.65. The van der Waals surface area contributed by atoms with Crippen molar-refractivity contribution in [3.05, 3.63) is 96.8 Å². The lowest BCUT2D eigenvalue weighted by molar-refractivity contribution is 0.580. The topological polar surface area (TPSA) is 76.0 Å². The van der Waals surface area contributed by atoms with Crippen LogP contribution >= 0.6 is 0 Å². The first-order chi connectivity index (χ1) is 14.0. The van der Waals surface area contributed by atoms with Crippen molar-refractivity contribution in [2.45, 2.75) is 4.90 Å². The largest absolute Gasteiger partial charge is 0.339 e. The molecule has 0 saturated carbocycles. The molecule has 6 nitrogen and oxygen atoms in total. The molecule has 1 aromatic heterocycles. The average Bonchev–Trinajstić information content (AvgIpc) is 3.13. The Morgan fingerprint density at radius 3 is 1.90 bits per heavy atom. The van der Waals surface area contributed by atoms with E-state index < -0.39 is 15.8 Å². The molecule has 0 atom stereocenters. The second-order valence-electron chi connectivity index (χ2n) is 6.20. The zero-order valence-corrected chi connectivity index (χ0v) is 16.0. The molecule has 2 N–H and O–H groups in total. The van der Waals surface area contributed by atoms with Crippen molar-refractivity contribution in [1.29, 1.82) is 0 Å². The van der Waals surface area contributed by atoms with E-state index in [9.17, 15) is 12.8 Å². The third kappa shape index (κ3) is 4.12. The first-order valence-corrected chi connectivity index (χ1v) is 10.2. The van der Waals surface area contributed by atoms with Crippen molar-refractivity contribution < 1.29 is 12.8 Å². The molecule has 8 heteroatoms. The van der Waals surface area contributed by atoms with Gasteiger partial charge in [-0.3, -0.25) is 0 Å². The molecule has 0 aliphatic carbocycles. The van der Waals surface area contributed by atoms with Gasteiger partial charge in [0.1, 0.15) is 11.6 Å². The molecule has 0 saturated heterocycles. The minimum atomic E-state index is -4.04. The maximum Gasteiger partial charge on any atom is 0.284 e. The maximum absolute atomic E-state index is 13.3. The van der Waals surface area contributed by atoms with Gasteiger partial charge < -0.3 is 10.6 Å². The minimum absolute atomic E-state index is 0.0654. The fourth-order valence-corrected chi connectivity index (χ4v) is 3.97. The number of aromatic nitrogens is 2. The number of halogens is 1. The van der Waals surface area contributed by atoms with Gasteiger partial charge in [-0.05, 0) is 48.5 Å². The van der Waals surface area contributed by atoms with Gasteiger partial charge in [-0.15, -0.1) is 9.19 Å². The van der Waals surface area contributed by atoms with Crippen LogP contribution in [0.15, 0.2) is 95.9 Å². The first kappa shape index (κ1) is 18.7. The lowest BCUT2D eigenvalue weighted by Gasteiger charge is -2.10. The number of hydrogen-bond acceptors (Lipinski definition) is 5. The van der Waals surface area contributed by atoms with Crippen molar-refractivity contribution in [1.82, 2.24) is 9.19 Å². The third-order valence-electron chi connectivity index (χ3n) is 4.11. The smallest absolute Gasteiger partial charge is 0.284 e. The molecule has 0 bridgehead atoms. The van der Waals surface area contributed by atoms with Gasteiger partial charge in [-0.2, -0.15) is 8.42 Å². The highest BCUT2D eigenvalue weighted by molar-refractivity contribution is 7.90. The van der Waals surface area contributed by atoms with Crippen molar-refractivity contribution in [3.63, 3.8) is 0 Å². The molecule has 0 radical (unpaired) electrons. The van der Waals surface area contributed by atoms with Crippen LogP contribution in [0.1, 0.15) is 0 Å². The summed E-state index contributed by atoms with van der Waals surface area (Å²) in [5.74, 6) is 0.0813. The van der Waals surface area contributed by atoms with Crippen LogP contribution in [-0.4, -0.2) is 17.6 Å². The monoisotopic (exact) mass is 408 g/mol. The number of anilines is 4. The molecule has 4 rings (SSSR count). The van der Waals surface area contributed by atoms with Crippen LogP contribution in [0.4, 0.5) is 27.4 Å². The van der Waals surface area contributed by atoms with Crippen LogP contribution in [0.2, 0.25) is 0 Å². The molecule has 0 aliphatic rings. The Kier molecular flexibility index (Phi) is 5.01. The van der Waals surface area contributed by atoms with Crippen LogP contribution in [0.25, 0.3) is 0 Å². The molecule has 0 fully saturated rings. The Morgan fingerprint density at radius 2 is 1.31 bits per heavy atom. The highest BCUT2D eigenvalue weighted by Crippen LogP contribution is 2.26. The van der Waals surface area contributed by atoms with E-state index in [4.69, 9.17) is 0 Å². The average molecular weight is 408 g/mol. The van der Waals surface area contributed by atoms with E-state index in [1.165, 1.54) is 12.1 Å². The summed E-state index contributed by atoms with van der Waals surface area (Å²) in [6.07, 6.45) is 0. The van der Waals surface area contributed by atoms with E-state index in [1.54, 1.807) is 6.07 Å². The van der Waals surface area contributed by atoms with Crippen molar-refractivity contribution in [3.8, 4) is 0 Å². The van der Waals surface area contributed by atoms with Crippen molar-refractivity contribution in [2.75, 3.05) is 10.6 Å². The molecular formula is C21H17FN4O2S. The summed E-state index contributed by atoms with van der Waals surface area (Å²) in [7, 11) is -4.04. The Labute approximate surface area is 167 Å². The molecule has 4 aromatic rings. The predicted octanol–water partition coefficient (Wildman–Crippen LogP) is 4.75. The molecule has 3 aromatic carbocycles. The predicted molar refractivity (Wildman–Crippen MR) is 111 cm³/mol. The first-order valence-electron chi connectivity index (χ1n) is 8.78. The summed E-state index contributed by atoms with van der Waals surface area (Å²) in [5.41, 5.74) is 1.47. The van der Waals surface area contributed by atoms with E-state index in [0.29, 0.717) is 11.5 Å². The zero-order chi connectivity index (χ0) is 20.3. The number of hydrogen-bond donors (Lipinski definition) is 2. The zero-order valence-electron chi connectivity index (χ0n) is 15.2. The molecule has 0 unspecified atom stereocenters. The molecule has 1 heterocycles. The summed E-state index contributed by atoms with van der Waals surface area (Å²) < 4.78 is 40.4. The number of benzene rings is 3. The van der Waals surface area contributed by atoms with E-state index in [2.05, 4.69) is 15.7 Å². The van der Waals surface area contributed by atoms with Crippen LogP contribution in [0, 0.1) is 5.82 Å². The summed E-state index contributed by atoms with van der Waals surface area (Å²) in [5, 5.41) is 10.4. The van der Waals surface area contributed by atoms with Gasteiger partial charge in [0.15, 0.2) is 5.82 Å². The number of nitrogens with zero attached hydrogens (tertiary/aromatic N) is 2. The van der Waals surface area contributed by atoms with Gasteiger partial charge in [-0.25, -0.2) is 4.39 Å². The second kappa shape index (κ2) is 7.76. The lowest BCUT2D eigenvalue weighted by atomic mass is 10.3. The number of nitrogens with one attached hydrogen (secondary N) is 2. The minimum Gasteiger partial charge on any atom is -0.339 e. The number of rotatable bonds is 6. The van der Waals surface area contributed by atoms with Crippen LogP contribution in [0.3, 0.4) is 0 Å². The van der Waals surface area contributed by atoms with Gasteiger partial charge in [0.05, 0.1) is 4.90 Å². The van der Waals surface area contributed by atoms with Crippen molar-refractivity contribution in [2.24, 2.45) is 0 Å². The molecule has 29 heavy (non-hydrogen) atoms. The molecule has 0 amide bonds. The van der Waals surface area contributed by atoms with Gasteiger partial charge >= 0.3 is 0 Å². The Bertz CT molecular complexity index is 1210. The summed E-state index contributed by atoms with van der Waals surface area (Å²) >= 11 is 0. The normalized spacial score (nSPS) is 11.2. The quantitative estimate of drug-likeness (QED) is 0.482. The maximum atomic E-state index is 13.3. The van der Waals surface area contributed by atoms with Crippen LogP contribution in [0.5, 0.6) is 0 Å². The van der Waals surface area contributed by atoms with Crippen molar-refractivity contribution >= 4 is 33.0 Å². The van der Waals surface area contributed by atoms with E-state index in [-0.39, 0.29) is 10.7 Å². The van der Waals surface area contributed by atoms with Crippen LogP contribution in [-0.2, 0) is 10.0 Å². The van der Waals surface area contributed by atoms with E-state index in [0.717, 1.165) is 21.9 Å². The summed E-state index contributed by atoms with van der Waals surface area (Å²) in [6, 6.07) is 24.7. The van der Waals surface area contributed by atoms with Gasteiger partial charge in [0.2, 0.25) is 0 Å². The highest BCUT2D eigenvalue weighted by atomic mass is 32.2. The Morgan fingerprint density at radius 1 is 0.759 bits per heavy atom. The highest BCUT2D eigenvalue weighted by Gasteiger charge is 2.23. The Balaban J connectivity index is 1.76. The molecule has 146 valence electrons. The van der Waals surface area contributed by atoms with Gasteiger partial charge in [0.25, 0.3) is 10.0 Å². The second-order valence-corrected chi connectivity index (χ2v) is 7.97. The third-order valence-corrected chi connectivity index (χ3v) is 5.71. The van der Waals surface area contributed by atoms with Crippen LogP contribution < -0.4 is 10.6 Å². The lowest BCUT2D eigenvalue weighted by Crippen LogP contribution is -2.17. The number of para-hydroxylation sites is 2. The van der Waals surface area contributed by atoms with E-state index >= 15 is 0 Å². The molecular weight excluding hydrogens is 391 g/mol. The summed E-state index contributed by atoms with van der Waals surface area (Å²) in [6.45, 7) is 0. The SMILES string of the molecule is O=S(=O)(c1ccc(F)cc1)n1nc(Nc2ccccc2)cc1Nc1ccccc1. The molecule has 0 aliphatic heterocycles. The van der Waals surface area contributed by atoms with E-state index in [1.807, 2.05) is 60.7 Å². The fourth-order valence-electron chi connectivity index (χ4n) is 2.74. The van der Waals surface area contributed by atoms with Gasteiger partial charge in [0, 0.05) is 17.4 Å². The fraction of sp³-hybridized carbons (Fsp3) is 0. The standard InChI is InChI=1S/C21H17FN4O2S/c22-16-11-13-19(14-12-16)29(27,28)26-21(24-18-9-5-2-6-10-18)15-20(25-26)23-17-7-3-1-4-8-17/h1-15,24H,(H,23,25).